The molecule has 66 valence electrons. The maximum absolute atomic E-state index is 10.2. The van der Waals surface area contributed by atoms with Crippen LogP contribution in [0.3, 0.4) is 0 Å². The van der Waals surface area contributed by atoms with Crippen LogP contribution in [0.4, 0.5) is 0 Å². The van der Waals surface area contributed by atoms with Crippen LogP contribution in [0.1, 0.15) is 0 Å². The number of rotatable bonds is 4. The van der Waals surface area contributed by atoms with E-state index in [0.29, 0.717) is 0 Å². The zero-order chi connectivity index (χ0) is 9.07. The lowest BCUT2D eigenvalue weighted by Gasteiger charge is -2.04. The fourth-order valence-corrected chi connectivity index (χ4v) is 0.518. The van der Waals surface area contributed by atoms with Gasteiger partial charge in [-0.2, -0.15) is 0 Å². The summed E-state index contributed by atoms with van der Waals surface area (Å²) in [5, 5.41) is 16.2. The number of Topliss-reactive ketones (excluding diaryl/α,β-unsaturated/α-hetero) is 1. The first-order valence-electron chi connectivity index (χ1n) is 2.42. The third-order valence-corrected chi connectivity index (χ3v) is 1.13. The van der Waals surface area contributed by atoms with Gasteiger partial charge < -0.3 is 20.0 Å². The molecule has 4 N–H and O–H groups in total. The monoisotopic (exact) mass is 186 g/mol. The minimum atomic E-state index is -4.70. The average Bonchev–Trinajstić information content (AvgIpc) is 1.80. The van der Waals surface area contributed by atoms with E-state index in [0.717, 1.165) is 0 Å². The van der Waals surface area contributed by atoms with Crippen molar-refractivity contribution in [2.75, 3.05) is 6.61 Å². The van der Waals surface area contributed by atoms with Gasteiger partial charge in [0.2, 0.25) is 12.1 Å². The molecule has 0 atom stereocenters. The Morgan fingerprint density at radius 1 is 1.45 bits per heavy atom. The second-order valence-electron chi connectivity index (χ2n) is 1.60. The lowest BCUT2D eigenvalue weighted by Crippen LogP contribution is -2.23. The van der Waals surface area contributed by atoms with Crippen LogP contribution in [0.25, 0.3) is 0 Å². The fraction of sp³-hybridized carbons (Fsp3) is 0.667. The van der Waals surface area contributed by atoms with E-state index in [2.05, 4.69) is 4.52 Å². The molecule has 7 nitrogen and oxygen atoms in total. The number of aliphatic hydroxyl groups is 2. The molecule has 0 saturated heterocycles. The van der Waals surface area contributed by atoms with Gasteiger partial charge in [0.15, 0.2) is 0 Å². The van der Waals surface area contributed by atoms with Crippen molar-refractivity contribution >= 4 is 13.6 Å². The number of hydrogen-bond donors (Lipinski definition) is 4. The van der Waals surface area contributed by atoms with Gasteiger partial charge in [0.05, 0.1) is 0 Å². The third kappa shape index (κ3) is 6.11. The summed E-state index contributed by atoms with van der Waals surface area (Å²) >= 11 is 0. The van der Waals surface area contributed by atoms with Crippen LogP contribution in [-0.4, -0.2) is 38.7 Å². The molecular weight excluding hydrogens is 179 g/mol. The van der Waals surface area contributed by atoms with Crippen molar-refractivity contribution in [3.63, 3.8) is 0 Å². The van der Waals surface area contributed by atoms with Gasteiger partial charge in [-0.25, -0.2) is 4.57 Å². The van der Waals surface area contributed by atoms with Gasteiger partial charge in [-0.1, -0.05) is 0 Å². The number of ketones is 1. The molecule has 0 spiro atoms. The van der Waals surface area contributed by atoms with Crippen LogP contribution in [0.5, 0.6) is 0 Å². The quantitative estimate of drug-likeness (QED) is 0.295. The molecule has 0 aromatic rings. The number of carbonyl (C=O) groups is 1. The Morgan fingerprint density at radius 2 is 1.91 bits per heavy atom. The van der Waals surface area contributed by atoms with Crippen molar-refractivity contribution in [3.05, 3.63) is 0 Å². The molecule has 0 rings (SSSR count). The second kappa shape index (κ2) is 3.91. The van der Waals surface area contributed by atoms with Crippen LogP contribution in [-0.2, 0) is 13.9 Å². The van der Waals surface area contributed by atoms with Crippen molar-refractivity contribution in [3.8, 4) is 0 Å². The zero-order valence-electron chi connectivity index (χ0n) is 5.25. The lowest BCUT2D eigenvalue weighted by atomic mass is 10.4. The molecule has 0 heterocycles. The molecule has 0 unspecified atom stereocenters. The first-order valence-corrected chi connectivity index (χ1v) is 3.95. The number of aliphatic hydroxyl groups excluding tert-OH is 1. The van der Waals surface area contributed by atoms with E-state index in [1.807, 2.05) is 0 Å². The summed E-state index contributed by atoms with van der Waals surface area (Å²) in [5.41, 5.74) is 0. The smallest absolute Gasteiger partial charge is 0.362 e. The molecule has 0 aliphatic carbocycles. The standard InChI is InChI=1S/C3H7O7P/c4-2(3(5)6)1-10-11(7,8)9/h3,5-6H,1H2,(H2,7,8,9). The van der Waals surface area contributed by atoms with Crippen LogP contribution in [0.2, 0.25) is 0 Å². The first-order chi connectivity index (χ1) is 4.83. The van der Waals surface area contributed by atoms with Crippen LogP contribution in [0.15, 0.2) is 0 Å². The van der Waals surface area contributed by atoms with Gasteiger partial charge >= 0.3 is 7.82 Å². The van der Waals surface area contributed by atoms with Gasteiger partial charge in [-0.15, -0.1) is 0 Å². The van der Waals surface area contributed by atoms with Crippen molar-refractivity contribution < 1.29 is 33.9 Å². The summed E-state index contributed by atoms with van der Waals surface area (Å²) in [6, 6.07) is 0. The predicted molar refractivity (Wildman–Crippen MR) is 31.2 cm³/mol. The predicted octanol–water partition coefficient (Wildman–Crippen LogP) is -2.02. The van der Waals surface area contributed by atoms with Gasteiger partial charge in [-0.3, -0.25) is 9.32 Å². The zero-order valence-corrected chi connectivity index (χ0v) is 6.14. The molecule has 11 heavy (non-hydrogen) atoms. The Kier molecular flexibility index (Phi) is 3.81. The molecule has 0 fully saturated rings. The summed E-state index contributed by atoms with van der Waals surface area (Å²) < 4.78 is 13.6. The summed E-state index contributed by atoms with van der Waals surface area (Å²) in [7, 11) is -4.70. The van der Waals surface area contributed by atoms with Gasteiger partial charge in [-0.05, 0) is 0 Å². The van der Waals surface area contributed by atoms with Crippen LogP contribution < -0.4 is 0 Å². The van der Waals surface area contributed by atoms with Crippen molar-refractivity contribution in [1.29, 1.82) is 0 Å². The number of hydrogen-bond acceptors (Lipinski definition) is 5. The highest BCUT2D eigenvalue weighted by molar-refractivity contribution is 7.46. The number of phosphoric acid groups is 1. The number of carbonyl (C=O) groups excluding carboxylic acids is 1. The second-order valence-corrected chi connectivity index (χ2v) is 2.84. The van der Waals surface area contributed by atoms with Crippen molar-refractivity contribution in [2.24, 2.45) is 0 Å². The Morgan fingerprint density at radius 3 is 2.18 bits per heavy atom. The normalized spacial score (nSPS) is 12.1. The Labute approximate surface area is 61.5 Å². The summed E-state index contributed by atoms with van der Waals surface area (Å²) in [6.45, 7) is -1.03. The van der Waals surface area contributed by atoms with Crippen molar-refractivity contribution in [1.82, 2.24) is 0 Å². The lowest BCUT2D eigenvalue weighted by molar-refractivity contribution is -0.147. The molecular formula is C3H7O7P. The molecule has 0 saturated carbocycles. The Hall–Kier alpha value is -0.300. The van der Waals surface area contributed by atoms with Gasteiger partial charge in [0, 0.05) is 0 Å². The highest BCUT2D eigenvalue weighted by atomic mass is 31.2. The SMILES string of the molecule is O=C(COP(=O)(O)O)C(O)O. The van der Waals surface area contributed by atoms with Crippen molar-refractivity contribution in [2.45, 2.75) is 6.29 Å². The van der Waals surface area contributed by atoms with E-state index < -0.39 is 26.5 Å². The maximum atomic E-state index is 10.2. The Balaban J connectivity index is 3.73. The maximum Gasteiger partial charge on any atom is 0.470 e. The third-order valence-electron chi connectivity index (χ3n) is 0.663. The van der Waals surface area contributed by atoms with E-state index >= 15 is 0 Å². The van der Waals surface area contributed by atoms with E-state index in [-0.39, 0.29) is 0 Å². The summed E-state index contributed by atoms with van der Waals surface area (Å²) in [5.74, 6) is -1.21. The first kappa shape index (κ1) is 10.7. The number of phosphoric ester groups is 1. The highest BCUT2D eigenvalue weighted by Crippen LogP contribution is 2.35. The largest absolute Gasteiger partial charge is 0.470 e. The van der Waals surface area contributed by atoms with E-state index in [4.69, 9.17) is 20.0 Å². The average molecular weight is 186 g/mol. The van der Waals surface area contributed by atoms with Crippen LogP contribution in [0, 0.1) is 0 Å². The molecule has 8 heteroatoms. The molecule has 0 aliphatic rings. The van der Waals surface area contributed by atoms with E-state index in [1.165, 1.54) is 0 Å². The molecule has 0 aromatic carbocycles. The summed E-state index contributed by atoms with van der Waals surface area (Å²) in [6.07, 6.45) is -2.26. The van der Waals surface area contributed by atoms with Crippen LogP contribution >= 0.6 is 7.82 Å². The highest BCUT2D eigenvalue weighted by Gasteiger charge is 2.19. The fourth-order valence-electron chi connectivity index (χ4n) is 0.222. The Bertz CT molecular complexity index is 180. The van der Waals surface area contributed by atoms with E-state index in [9.17, 15) is 9.36 Å². The molecule has 0 amide bonds. The molecule has 0 bridgehead atoms. The summed E-state index contributed by atoms with van der Waals surface area (Å²) in [4.78, 5) is 26.3. The minimum absolute atomic E-state index is 1.03. The van der Waals surface area contributed by atoms with Gasteiger partial charge in [0.1, 0.15) is 6.61 Å². The minimum Gasteiger partial charge on any atom is -0.362 e. The molecule has 0 aliphatic heterocycles. The topological polar surface area (TPSA) is 124 Å². The van der Waals surface area contributed by atoms with Gasteiger partial charge in [0.25, 0.3) is 0 Å². The molecule has 0 aromatic heterocycles. The van der Waals surface area contributed by atoms with E-state index in [1.54, 1.807) is 0 Å². The molecule has 0 radical (unpaired) electrons.